The molecule has 3 nitrogen and oxygen atoms in total. The molecule has 12 heavy (non-hydrogen) atoms. The molecule has 3 aliphatic rings. The predicted molar refractivity (Wildman–Crippen MR) is 40.6 cm³/mol. The summed E-state index contributed by atoms with van der Waals surface area (Å²) in [7, 11) is 0. The average Bonchev–Trinajstić information content (AvgIpc) is 2.40. The maximum Gasteiger partial charge on any atom is 0.313 e. The summed E-state index contributed by atoms with van der Waals surface area (Å²) in [5.74, 6) is -0.416. The number of rotatable bonds is 1. The van der Waals surface area contributed by atoms with Gasteiger partial charge in [0.05, 0.1) is 12.2 Å². The van der Waals surface area contributed by atoms with Gasteiger partial charge >= 0.3 is 5.97 Å². The number of carboxylic acid groups (broad SMARTS) is 1. The summed E-state index contributed by atoms with van der Waals surface area (Å²) in [6.07, 6.45) is 5.68. The van der Waals surface area contributed by atoms with Crippen molar-refractivity contribution in [1.29, 1.82) is 0 Å². The van der Waals surface area contributed by atoms with Crippen molar-refractivity contribution >= 4 is 5.97 Å². The van der Waals surface area contributed by atoms with Gasteiger partial charge in [0.15, 0.2) is 0 Å². The van der Waals surface area contributed by atoms with E-state index in [-0.39, 0.29) is 18.1 Å². The number of ether oxygens (including phenoxy) is 1. The molecule has 4 atom stereocenters. The highest BCUT2D eigenvalue weighted by Crippen LogP contribution is 2.60. The Labute approximate surface area is 70.0 Å². The molecule has 2 fully saturated rings. The monoisotopic (exact) mass is 166 g/mol. The molecule has 0 aromatic carbocycles. The molecule has 3 rings (SSSR count). The maximum absolute atomic E-state index is 11.1. The van der Waals surface area contributed by atoms with Gasteiger partial charge < -0.3 is 9.84 Å². The van der Waals surface area contributed by atoms with Crippen molar-refractivity contribution in [2.75, 3.05) is 0 Å². The van der Waals surface area contributed by atoms with Crippen LogP contribution in [0.2, 0.25) is 0 Å². The Morgan fingerprint density at radius 1 is 1.58 bits per heavy atom. The lowest BCUT2D eigenvalue weighted by Gasteiger charge is -2.44. The molecule has 1 N–H and O–H groups in total. The minimum Gasteiger partial charge on any atom is -0.481 e. The fourth-order valence-electron chi connectivity index (χ4n) is 2.81. The predicted octanol–water partition coefficient (Wildman–Crippen LogP) is 0.805. The highest BCUT2D eigenvalue weighted by Gasteiger charge is 2.67. The van der Waals surface area contributed by atoms with Gasteiger partial charge in [-0.05, 0) is 12.8 Å². The summed E-state index contributed by atoms with van der Waals surface area (Å²) in [6, 6.07) is 0. The van der Waals surface area contributed by atoms with Crippen LogP contribution in [0.4, 0.5) is 0 Å². The van der Waals surface area contributed by atoms with E-state index in [0.717, 1.165) is 12.8 Å². The topological polar surface area (TPSA) is 46.5 Å². The molecule has 2 bridgehead atoms. The molecule has 0 unspecified atom stereocenters. The lowest BCUT2D eigenvalue weighted by atomic mass is 9.55. The van der Waals surface area contributed by atoms with Crippen LogP contribution in [0.15, 0.2) is 12.2 Å². The number of hydrogen-bond acceptors (Lipinski definition) is 2. The lowest BCUT2D eigenvalue weighted by molar-refractivity contribution is -0.160. The fraction of sp³-hybridized carbons (Fsp3) is 0.667. The van der Waals surface area contributed by atoms with E-state index in [1.165, 1.54) is 0 Å². The molecule has 0 aromatic heterocycles. The Bertz CT molecular complexity index is 283. The average molecular weight is 166 g/mol. The van der Waals surface area contributed by atoms with Crippen molar-refractivity contribution in [3.05, 3.63) is 12.2 Å². The Hall–Kier alpha value is -0.830. The normalized spacial score (nSPS) is 53.5. The molecular weight excluding hydrogens is 156 g/mol. The molecule has 0 aromatic rings. The van der Waals surface area contributed by atoms with Crippen molar-refractivity contribution in [3.63, 3.8) is 0 Å². The third kappa shape index (κ3) is 0.468. The highest BCUT2D eigenvalue weighted by molar-refractivity contribution is 5.79. The number of carbonyl (C=O) groups is 1. The van der Waals surface area contributed by atoms with E-state index in [1.54, 1.807) is 0 Å². The molecule has 0 spiro atoms. The number of carboxylic acids is 1. The second-order valence-corrected chi connectivity index (χ2v) is 3.90. The van der Waals surface area contributed by atoms with Gasteiger partial charge in [-0.15, -0.1) is 0 Å². The Morgan fingerprint density at radius 2 is 2.42 bits per heavy atom. The zero-order chi connectivity index (χ0) is 8.34. The van der Waals surface area contributed by atoms with E-state index in [9.17, 15) is 4.79 Å². The minimum atomic E-state index is -0.671. The van der Waals surface area contributed by atoms with E-state index < -0.39 is 11.4 Å². The standard InChI is InChI=1S/C9H10O3/c10-8(11)9-4-3-5(9)6-1-2-7(9)12-6/h1-2,5-7H,3-4H2,(H,10,11)/t5-,6-,7+,9+/m0/s1. The van der Waals surface area contributed by atoms with Gasteiger partial charge in [-0.3, -0.25) is 4.79 Å². The molecule has 0 amide bonds. The summed E-state index contributed by atoms with van der Waals surface area (Å²) in [5.41, 5.74) is -0.542. The van der Waals surface area contributed by atoms with Crippen LogP contribution in [-0.2, 0) is 9.53 Å². The Balaban J connectivity index is 2.07. The SMILES string of the molecule is O=C(O)[C@]12CC[C@H]1[C@@H]1C=C[C@H]2O1. The van der Waals surface area contributed by atoms with E-state index in [4.69, 9.17) is 9.84 Å². The molecular formula is C9H10O3. The molecule has 0 radical (unpaired) electrons. The maximum atomic E-state index is 11.1. The largest absolute Gasteiger partial charge is 0.481 e. The summed E-state index contributed by atoms with van der Waals surface area (Å²) >= 11 is 0. The number of aliphatic carboxylic acids is 1. The molecule has 64 valence electrons. The van der Waals surface area contributed by atoms with E-state index >= 15 is 0 Å². The summed E-state index contributed by atoms with van der Waals surface area (Å²) < 4.78 is 5.53. The number of fused-ring (bicyclic) bond motifs is 5. The quantitative estimate of drug-likeness (QED) is 0.586. The first kappa shape index (κ1) is 6.66. The smallest absolute Gasteiger partial charge is 0.313 e. The van der Waals surface area contributed by atoms with E-state index in [0.29, 0.717) is 0 Å². The zero-order valence-corrected chi connectivity index (χ0v) is 6.56. The molecule has 2 heterocycles. The minimum absolute atomic E-state index is 0.0971. The highest BCUT2D eigenvalue weighted by atomic mass is 16.5. The van der Waals surface area contributed by atoms with Crippen LogP contribution < -0.4 is 0 Å². The van der Waals surface area contributed by atoms with E-state index in [1.807, 2.05) is 12.2 Å². The van der Waals surface area contributed by atoms with Crippen molar-refractivity contribution in [3.8, 4) is 0 Å². The Kier molecular flexibility index (Phi) is 0.966. The van der Waals surface area contributed by atoms with E-state index in [2.05, 4.69) is 0 Å². The zero-order valence-electron chi connectivity index (χ0n) is 6.56. The van der Waals surface area contributed by atoms with Crippen LogP contribution in [-0.4, -0.2) is 23.3 Å². The molecule has 3 heteroatoms. The lowest BCUT2D eigenvalue weighted by Crippen LogP contribution is -2.52. The molecule has 1 saturated heterocycles. The first-order valence-electron chi connectivity index (χ1n) is 4.32. The summed E-state index contributed by atoms with van der Waals surface area (Å²) in [5, 5.41) is 9.10. The van der Waals surface area contributed by atoms with Crippen LogP contribution >= 0.6 is 0 Å². The summed E-state index contributed by atoms with van der Waals surface area (Å²) in [6.45, 7) is 0. The van der Waals surface area contributed by atoms with Gasteiger partial charge in [0.25, 0.3) is 0 Å². The van der Waals surface area contributed by atoms with Gasteiger partial charge in [-0.25, -0.2) is 0 Å². The van der Waals surface area contributed by atoms with Crippen LogP contribution in [0.25, 0.3) is 0 Å². The number of hydrogen-bond donors (Lipinski definition) is 1. The van der Waals surface area contributed by atoms with Gasteiger partial charge in [0.1, 0.15) is 5.41 Å². The van der Waals surface area contributed by atoms with Gasteiger partial charge in [0, 0.05) is 5.92 Å². The van der Waals surface area contributed by atoms with Crippen LogP contribution in [0.3, 0.4) is 0 Å². The van der Waals surface area contributed by atoms with Gasteiger partial charge in [-0.2, -0.15) is 0 Å². The molecule has 1 saturated carbocycles. The van der Waals surface area contributed by atoms with Crippen molar-refractivity contribution in [2.24, 2.45) is 11.3 Å². The molecule has 1 aliphatic carbocycles. The molecule has 2 aliphatic heterocycles. The van der Waals surface area contributed by atoms with Crippen LogP contribution in [0, 0.1) is 11.3 Å². The first-order valence-corrected chi connectivity index (χ1v) is 4.32. The van der Waals surface area contributed by atoms with Crippen molar-refractivity contribution in [1.82, 2.24) is 0 Å². The van der Waals surface area contributed by atoms with Crippen molar-refractivity contribution < 1.29 is 14.6 Å². The second kappa shape index (κ2) is 1.74. The Morgan fingerprint density at radius 3 is 2.83 bits per heavy atom. The summed E-state index contributed by atoms with van der Waals surface area (Å²) in [4.78, 5) is 11.1. The van der Waals surface area contributed by atoms with Gasteiger partial charge in [0.2, 0.25) is 0 Å². The first-order chi connectivity index (χ1) is 5.75. The third-order valence-corrected chi connectivity index (χ3v) is 3.61. The fourth-order valence-corrected chi connectivity index (χ4v) is 2.81. The second-order valence-electron chi connectivity index (χ2n) is 3.90. The van der Waals surface area contributed by atoms with Gasteiger partial charge in [-0.1, -0.05) is 12.2 Å². The van der Waals surface area contributed by atoms with Crippen LogP contribution in [0.1, 0.15) is 12.8 Å². The third-order valence-electron chi connectivity index (χ3n) is 3.61. The van der Waals surface area contributed by atoms with Crippen LogP contribution in [0.5, 0.6) is 0 Å². The van der Waals surface area contributed by atoms with Crippen molar-refractivity contribution in [2.45, 2.75) is 25.0 Å².